The van der Waals surface area contributed by atoms with Crippen molar-refractivity contribution in [3.8, 4) is 11.5 Å². The number of aromatic hydroxyl groups is 1. The first-order valence-corrected chi connectivity index (χ1v) is 7.99. The molecule has 1 aromatic heterocycles. The van der Waals surface area contributed by atoms with Crippen molar-refractivity contribution in [3.05, 3.63) is 46.4 Å². The number of thiazole rings is 1. The molecule has 1 heterocycles. The molecule has 2 N–H and O–H groups in total. The monoisotopic (exact) mass is 377 g/mol. The highest BCUT2D eigenvalue weighted by molar-refractivity contribution is 9.10. The van der Waals surface area contributed by atoms with Gasteiger partial charge in [0.25, 0.3) is 0 Å². The van der Waals surface area contributed by atoms with E-state index < -0.39 is 0 Å². The van der Waals surface area contributed by atoms with Crippen LogP contribution in [0.1, 0.15) is 5.56 Å². The summed E-state index contributed by atoms with van der Waals surface area (Å²) in [6.07, 6.45) is 1.64. The van der Waals surface area contributed by atoms with Gasteiger partial charge in [-0.05, 0) is 40.2 Å². The Morgan fingerprint density at radius 2 is 2.18 bits per heavy atom. The Morgan fingerprint density at radius 3 is 2.95 bits per heavy atom. The van der Waals surface area contributed by atoms with Gasteiger partial charge in [0.15, 0.2) is 11.5 Å². The molecule has 0 aliphatic carbocycles. The summed E-state index contributed by atoms with van der Waals surface area (Å²) >= 11 is 4.91. The Kier molecular flexibility index (Phi) is 4.26. The summed E-state index contributed by atoms with van der Waals surface area (Å²) in [5.74, 6) is 0.468. The number of rotatable bonds is 4. The molecule has 0 atom stereocenters. The van der Waals surface area contributed by atoms with Crippen LogP contribution in [-0.2, 0) is 0 Å². The van der Waals surface area contributed by atoms with Gasteiger partial charge in [0, 0.05) is 10.0 Å². The minimum Gasteiger partial charge on any atom is -0.504 e. The molecule has 0 fully saturated rings. The molecule has 7 heteroatoms. The average molecular weight is 378 g/mol. The SMILES string of the molecule is COc1cc(C=NNc2nc3ccccc3s2)c(Br)cc1O. The molecule has 0 saturated heterocycles. The van der Waals surface area contributed by atoms with E-state index in [1.54, 1.807) is 18.3 Å². The molecule has 22 heavy (non-hydrogen) atoms. The van der Waals surface area contributed by atoms with Crippen molar-refractivity contribution in [1.29, 1.82) is 0 Å². The van der Waals surface area contributed by atoms with E-state index in [0.717, 1.165) is 25.4 Å². The fourth-order valence-corrected chi connectivity index (χ4v) is 3.15. The first-order chi connectivity index (χ1) is 10.7. The second-order valence-corrected chi connectivity index (χ2v) is 6.29. The van der Waals surface area contributed by atoms with Crippen LogP contribution in [0.2, 0.25) is 0 Å². The van der Waals surface area contributed by atoms with Crippen molar-refractivity contribution in [2.24, 2.45) is 5.10 Å². The normalized spacial score (nSPS) is 11.2. The lowest BCUT2D eigenvalue weighted by molar-refractivity contribution is 0.373. The van der Waals surface area contributed by atoms with Crippen molar-refractivity contribution in [2.75, 3.05) is 12.5 Å². The maximum absolute atomic E-state index is 9.68. The summed E-state index contributed by atoms with van der Waals surface area (Å²) in [5, 5.41) is 14.6. The number of aromatic nitrogens is 1. The zero-order chi connectivity index (χ0) is 15.5. The van der Waals surface area contributed by atoms with Crippen LogP contribution >= 0.6 is 27.3 Å². The highest BCUT2D eigenvalue weighted by atomic mass is 79.9. The van der Waals surface area contributed by atoms with Crippen LogP contribution in [0.4, 0.5) is 5.13 Å². The Bertz CT molecular complexity index is 815. The van der Waals surface area contributed by atoms with E-state index in [-0.39, 0.29) is 5.75 Å². The average Bonchev–Trinajstić information content (AvgIpc) is 2.92. The highest BCUT2D eigenvalue weighted by Crippen LogP contribution is 2.31. The first-order valence-electron chi connectivity index (χ1n) is 6.38. The number of fused-ring (bicyclic) bond motifs is 1. The Morgan fingerprint density at radius 1 is 1.36 bits per heavy atom. The van der Waals surface area contributed by atoms with Crippen molar-refractivity contribution in [1.82, 2.24) is 4.98 Å². The van der Waals surface area contributed by atoms with Crippen molar-refractivity contribution in [2.45, 2.75) is 0 Å². The first kappa shape index (κ1) is 14.8. The van der Waals surface area contributed by atoms with Crippen molar-refractivity contribution >= 4 is 48.8 Å². The molecular formula is C15H12BrN3O2S. The number of methoxy groups -OCH3 is 1. The van der Waals surface area contributed by atoms with E-state index in [2.05, 4.69) is 31.4 Å². The molecule has 0 spiro atoms. The smallest absolute Gasteiger partial charge is 0.204 e. The number of nitrogens with one attached hydrogen (secondary N) is 1. The molecule has 0 unspecified atom stereocenters. The summed E-state index contributed by atoms with van der Waals surface area (Å²) in [7, 11) is 1.50. The van der Waals surface area contributed by atoms with Gasteiger partial charge < -0.3 is 9.84 Å². The molecule has 0 amide bonds. The van der Waals surface area contributed by atoms with Gasteiger partial charge in [-0.1, -0.05) is 23.5 Å². The fourth-order valence-electron chi connectivity index (χ4n) is 1.90. The van der Waals surface area contributed by atoms with Gasteiger partial charge in [-0.2, -0.15) is 5.10 Å². The minimum atomic E-state index is 0.0747. The van der Waals surface area contributed by atoms with Crippen molar-refractivity contribution < 1.29 is 9.84 Å². The van der Waals surface area contributed by atoms with E-state index in [0.29, 0.717) is 5.75 Å². The van der Waals surface area contributed by atoms with Gasteiger partial charge in [-0.15, -0.1) is 0 Å². The number of nitrogens with zero attached hydrogens (tertiary/aromatic N) is 2. The van der Waals surface area contributed by atoms with Gasteiger partial charge in [0.2, 0.25) is 5.13 Å². The lowest BCUT2D eigenvalue weighted by atomic mass is 10.2. The zero-order valence-electron chi connectivity index (χ0n) is 11.6. The molecule has 0 bridgehead atoms. The third kappa shape index (κ3) is 3.05. The van der Waals surface area contributed by atoms with Crippen LogP contribution in [0.3, 0.4) is 0 Å². The van der Waals surface area contributed by atoms with E-state index in [9.17, 15) is 5.11 Å². The fraction of sp³-hybridized carbons (Fsp3) is 0.0667. The van der Waals surface area contributed by atoms with Crippen LogP contribution in [0.15, 0.2) is 46.0 Å². The van der Waals surface area contributed by atoms with Crippen LogP contribution in [0, 0.1) is 0 Å². The van der Waals surface area contributed by atoms with Crippen LogP contribution < -0.4 is 10.2 Å². The molecule has 0 aliphatic heterocycles. The summed E-state index contributed by atoms with van der Waals surface area (Å²) in [6.45, 7) is 0. The maximum atomic E-state index is 9.68. The van der Waals surface area contributed by atoms with Crippen LogP contribution in [0.5, 0.6) is 11.5 Å². The number of ether oxygens (including phenoxy) is 1. The Hall–Kier alpha value is -2.12. The molecule has 3 rings (SSSR count). The predicted octanol–water partition coefficient (Wildman–Crippen LogP) is 4.22. The van der Waals surface area contributed by atoms with Crippen LogP contribution in [0.25, 0.3) is 10.2 Å². The van der Waals surface area contributed by atoms with Crippen molar-refractivity contribution in [3.63, 3.8) is 0 Å². The number of halogens is 1. The third-order valence-electron chi connectivity index (χ3n) is 2.96. The summed E-state index contributed by atoms with van der Waals surface area (Å²) in [6, 6.07) is 11.2. The number of benzene rings is 2. The molecule has 0 radical (unpaired) electrons. The molecule has 5 nitrogen and oxygen atoms in total. The predicted molar refractivity (Wildman–Crippen MR) is 93.2 cm³/mol. The van der Waals surface area contributed by atoms with E-state index in [4.69, 9.17) is 4.74 Å². The molecule has 2 aromatic carbocycles. The summed E-state index contributed by atoms with van der Waals surface area (Å²) in [5.41, 5.74) is 4.64. The lowest BCUT2D eigenvalue weighted by Gasteiger charge is -2.05. The summed E-state index contributed by atoms with van der Waals surface area (Å²) in [4.78, 5) is 4.43. The number of hydrogen-bond acceptors (Lipinski definition) is 6. The van der Waals surface area contributed by atoms with Gasteiger partial charge in [0.1, 0.15) is 0 Å². The number of phenols is 1. The number of anilines is 1. The van der Waals surface area contributed by atoms with Gasteiger partial charge in [-0.25, -0.2) is 4.98 Å². The quantitative estimate of drug-likeness (QED) is 0.527. The lowest BCUT2D eigenvalue weighted by Crippen LogP contribution is -1.92. The number of hydrogen-bond donors (Lipinski definition) is 2. The molecule has 0 aliphatic rings. The van der Waals surface area contributed by atoms with Gasteiger partial charge in [0.05, 0.1) is 23.5 Å². The number of phenolic OH excluding ortho intramolecular Hbond substituents is 1. The maximum Gasteiger partial charge on any atom is 0.204 e. The van der Waals surface area contributed by atoms with Gasteiger partial charge >= 0.3 is 0 Å². The second kappa shape index (κ2) is 6.33. The van der Waals surface area contributed by atoms with Gasteiger partial charge in [-0.3, -0.25) is 5.43 Å². The topological polar surface area (TPSA) is 66.7 Å². The molecule has 3 aromatic rings. The minimum absolute atomic E-state index is 0.0747. The third-order valence-corrected chi connectivity index (χ3v) is 4.58. The molecular weight excluding hydrogens is 366 g/mol. The van der Waals surface area contributed by atoms with E-state index in [1.165, 1.54) is 18.4 Å². The number of para-hydroxylation sites is 1. The number of hydrazone groups is 1. The van der Waals surface area contributed by atoms with E-state index in [1.807, 2.05) is 24.3 Å². The Balaban J connectivity index is 1.79. The highest BCUT2D eigenvalue weighted by Gasteiger charge is 2.06. The molecule has 112 valence electrons. The van der Waals surface area contributed by atoms with E-state index >= 15 is 0 Å². The largest absolute Gasteiger partial charge is 0.504 e. The molecule has 0 saturated carbocycles. The Labute approximate surface area is 139 Å². The standard InChI is InChI=1S/C15H12BrN3O2S/c1-21-13-6-9(10(16)7-12(13)20)8-17-19-15-18-11-4-2-3-5-14(11)22-15/h2-8,20H,1H3,(H,18,19). The van der Waals surface area contributed by atoms with Crippen LogP contribution in [-0.4, -0.2) is 23.4 Å². The second-order valence-electron chi connectivity index (χ2n) is 4.40. The zero-order valence-corrected chi connectivity index (χ0v) is 14.0. The summed E-state index contributed by atoms with van der Waals surface area (Å²) < 4.78 is 6.91.